The number of allylic oxidation sites excluding steroid dienone is 1. The quantitative estimate of drug-likeness (QED) is 0.308. The fourth-order valence-corrected chi connectivity index (χ4v) is 5.14. The van der Waals surface area contributed by atoms with E-state index in [0.717, 1.165) is 78.9 Å². The van der Waals surface area contributed by atoms with Gasteiger partial charge in [0, 0.05) is 60.8 Å². The average Bonchev–Trinajstić information content (AvgIpc) is 3.20. The number of para-hydroxylation sites is 1. The minimum atomic E-state index is -1.36. The highest BCUT2D eigenvalue weighted by Gasteiger charge is 2.26. The average molecular weight is 494 g/mol. The first-order chi connectivity index (χ1) is 17.2. The second-order valence-corrected chi connectivity index (χ2v) is 10.8. The topological polar surface area (TPSA) is 77.1 Å². The molecule has 4 rings (SSSR count). The lowest BCUT2D eigenvalue weighted by atomic mass is 9.92. The number of nitrogens with zero attached hydrogens (tertiary/aromatic N) is 3. The molecule has 36 heavy (non-hydrogen) atoms. The van der Waals surface area contributed by atoms with E-state index in [1.807, 2.05) is 31.5 Å². The van der Waals surface area contributed by atoms with Gasteiger partial charge in [-0.2, -0.15) is 0 Å². The highest BCUT2D eigenvalue weighted by molar-refractivity contribution is 5.85. The lowest BCUT2D eigenvalue weighted by molar-refractivity contribution is 0.205. The zero-order valence-electron chi connectivity index (χ0n) is 21.9. The number of benzene rings is 1. The standard InChI is InChI=1S/C29H40FN5O/c1-20(2)16-24-23-9-5-6-10-25(23)34-27(24)26(33-19-29(3,4)30)22-17-31-28(32-18-22)35-13-11-21(12-14-35)8-7-15-36/h5-6,9-10,17-18,21,26,33-34,36H,1,7-8,11-16,19H2,2-4H3/t26-/m1/s1. The normalized spacial score (nSPS) is 16.0. The number of hydrogen-bond donors (Lipinski definition) is 3. The van der Waals surface area contributed by atoms with Gasteiger partial charge in [0.1, 0.15) is 5.67 Å². The molecule has 0 spiro atoms. The Labute approximate surface area is 214 Å². The third-order valence-electron chi connectivity index (χ3n) is 7.00. The highest BCUT2D eigenvalue weighted by Crippen LogP contribution is 2.33. The van der Waals surface area contributed by atoms with Gasteiger partial charge in [-0.3, -0.25) is 0 Å². The van der Waals surface area contributed by atoms with Crippen molar-refractivity contribution in [1.29, 1.82) is 0 Å². The molecule has 7 heteroatoms. The van der Waals surface area contributed by atoms with Crippen LogP contribution in [0.25, 0.3) is 10.9 Å². The lowest BCUT2D eigenvalue weighted by Gasteiger charge is -2.32. The summed E-state index contributed by atoms with van der Waals surface area (Å²) in [5, 5.41) is 13.7. The Morgan fingerprint density at radius 3 is 2.58 bits per heavy atom. The highest BCUT2D eigenvalue weighted by atomic mass is 19.1. The number of H-pyrrole nitrogens is 1. The Morgan fingerprint density at radius 2 is 1.94 bits per heavy atom. The summed E-state index contributed by atoms with van der Waals surface area (Å²) in [7, 11) is 0. The fourth-order valence-electron chi connectivity index (χ4n) is 5.14. The number of nitrogens with one attached hydrogen (secondary N) is 2. The van der Waals surface area contributed by atoms with E-state index in [4.69, 9.17) is 15.1 Å². The summed E-state index contributed by atoms with van der Waals surface area (Å²) in [5.41, 5.74) is 3.83. The monoisotopic (exact) mass is 493 g/mol. The van der Waals surface area contributed by atoms with E-state index in [0.29, 0.717) is 5.92 Å². The second-order valence-electron chi connectivity index (χ2n) is 10.8. The molecule has 1 aromatic carbocycles. The molecule has 1 atom stereocenters. The summed E-state index contributed by atoms with van der Waals surface area (Å²) in [6, 6.07) is 7.97. The van der Waals surface area contributed by atoms with Crippen molar-refractivity contribution in [2.75, 3.05) is 31.1 Å². The first kappa shape index (κ1) is 26.3. The number of halogens is 1. The predicted molar refractivity (Wildman–Crippen MR) is 145 cm³/mol. The van der Waals surface area contributed by atoms with Crippen molar-refractivity contribution in [2.45, 2.75) is 64.6 Å². The molecular weight excluding hydrogens is 453 g/mol. The zero-order valence-corrected chi connectivity index (χ0v) is 21.9. The number of alkyl halides is 1. The van der Waals surface area contributed by atoms with Crippen LogP contribution in [-0.2, 0) is 6.42 Å². The van der Waals surface area contributed by atoms with Crippen LogP contribution in [0, 0.1) is 5.92 Å². The number of anilines is 1. The summed E-state index contributed by atoms with van der Waals surface area (Å²) in [6.07, 6.45) is 8.64. The maximum absolute atomic E-state index is 14.6. The van der Waals surface area contributed by atoms with E-state index in [-0.39, 0.29) is 19.2 Å². The molecule has 0 bridgehead atoms. The molecule has 1 aliphatic heterocycles. The van der Waals surface area contributed by atoms with Crippen LogP contribution in [0.2, 0.25) is 0 Å². The SMILES string of the molecule is C=C(C)Cc1c([C@H](NCC(C)(C)F)c2cnc(N3CCC(CCCO)CC3)nc2)[nH]c2ccccc12. The molecule has 2 aromatic heterocycles. The van der Waals surface area contributed by atoms with Crippen molar-refractivity contribution in [2.24, 2.45) is 5.92 Å². The number of piperidine rings is 1. The molecule has 1 fully saturated rings. The van der Waals surface area contributed by atoms with Crippen LogP contribution in [0.3, 0.4) is 0 Å². The van der Waals surface area contributed by atoms with Gasteiger partial charge < -0.3 is 20.3 Å². The smallest absolute Gasteiger partial charge is 0.225 e. The van der Waals surface area contributed by atoms with Gasteiger partial charge >= 0.3 is 0 Å². The Balaban J connectivity index is 1.61. The maximum atomic E-state index is 14.6. The number of rotatable bonds is 11. The molecule has 0 aliphatic carbocycles. The van der Waals surface area contributed by atoms with E-state index in [9.17, 15) is 4.39 Å². The van der Waals surface area contributed by atoms with Crippen LogP contribution in [0.5, 0.6) is 0 Å². The summed E-state index contributed by atoms with van der Waals surface area (Å²) in [6.45, 7) is 11.7. The molecule has 1 aliphatic rings. The summed E-state index contributed by atoms with van der Waals surface area (Å²) >= 11 is 0. The van der Waals surface area contributed by atoms with Gasteiger partial charge in [0.2, 0.25) is 5.95 Å². The van der Waals surface area contributed by atoms with Crippen molar-refractivity contribution < 1.29 is 9.50 Å². The van der Waals surface area contributed by atoms with Crippen LogP contribution in [0.15, 0.2) is 48.8 Å². The molecule has 6 nitrogen and oxygen atoms in total. The molecule has 0 amide bonds. The summed E-state index contributed by atoms with van der Waals surface area (Å²) in [4.78, 5) is 15.3. The van der Waals surface area contributed by atoms with Crippen LogP contribution < -0.4 is 10.2 Å². The molecule has 3 N–H and O–H groups in total. The van der Waals surface area contributed by atoms with E-state index >= 15 is 0 Å². The first-order valence-electron chi connectivity index (χ1n) is 13.1. The van der Waals surface area contributed by atoms with Crippen LogP contribution in [0.4, 0.5) is 10.3 Å². The molecule has 0 unspecified atom stereocenters. The Bertz CT molecular complexity index is 1140. The largest absolute Gasteiger partial charge is 0.396 e. The van der Waals surface area contributed by atoms with E-state index in [2.05, 4.69) is 33.9 Å². The van der Waals surface area contributed by atoms with Crippen LogP contribution in [-0.4, -0.2) is 52.0 Å². The van der Waals surface area contributed by atoms with Gasteiger partial charge in [-0.15, -0.1) is 0 Å². The number of aromatic nitrogens is 3. The Kier molecular flexibility index (Phi) is 8.42. The molecule has 3 heterocycles. The van der Waals surface area contributed by atoms with Crippen molar-refractivity contribution >= 4 is 16.9 Å². The van der Waals surface area contributed by atoms with E-state index in [1.54, 1.807) is 13.8 Å². The first-order valence-corrected chi connectivity index (χ1v) is 13.1. The van der Waals surface area contributed by atoms with Crippen molar-refractivity contribution in [1.82, 2.24) is 20.3 Å². The van der Waals surface area contributed by atoms with Crippen molar-refractivity contribution in [3.05, 3.63) is 65.6 Å². The zero-order chi connectivity index (χ0) is 25.7. The van der Waals surface area contributed by atoms with Crippen LogP contribution >= 0.6 is 0 Å². The van der Waals surface area contributed by atoms with Gasteiger partial charge in [-0.1, -0.05) is 30.4 Å². The molecule has 1 saturated heterocycles. The van der Waals surface area contributed by atoms with Gasteiger partial charge in [-0.25, -0.2) is 14.4 Å². The summed E-state index contributed by atoms with van der Waals surface area (Å²) in [5.74, 6) is 1.40. The Morgan fingerprint density at radius 1 is 1.25 bits per heavy atom. The van der Waals surface area contributed by atoms with Gasteiger partial charge in [0.25, 0.3) is 0 Å². The molecule has 3 aromatic rings. The fraction of sp³-hybridized carbons (Fsp3) is 0.517. The Hall–Kier alpha value is -2.77. The molecule has 0 saturated carbocycles. The third-order valence-corrected chi connectivity index (χ3v) is 7.00. The number of fused-ring (bicyclic) bond motifs is 1. The van der Waals surface area contributed by atoms with Gasteiger partial charge in [0.15, 0.2) is 0 Å². The molecule has 194 valence electrons. The van der Waals surface area contributed by atoms with Crippen molar-refractivity contribution in [3.63, 3.8) is 0 Å². The lowest BCUT2D eigenvalue weighted by Crippen LogP contribution is -2.36. The second kappa shape index (κ2) is 11.5. The van der Waals surface area contributed by atoms with E-state index in [1.165, 1.54) is 5.56 Å². The van der Waals surface area contributed by atoms with Crippen LogP contribution in [0.1, 0.15) is 69.3 Å². The number of aliphatic hydroxyl groups is 1. The maximum Gasteiger partial charge on any atom is 0.225 e. The minimum Gasteiger partial charge on any atom is -0.396 e. The molecule has 0 radical (unpaired) electrons. The number of aliphatic hydroxyl groups excluding tert-OH is 1. The van der Waals surface area contributed by atoms with Crippen molar-refractivity contribution in [3.8, 4) is 0 Å². The number of hydrogen-bond acceptors (Lipinski definition) is 5. The predicted octanol–water partition coefficient (Wildman–Crippen LogP) is 5.49. The summed E-state index contributed by atoms with van der Waals surface area (Å²) < 4.78 is 14.6. The number of aromatic amines is 1. The van der Waals surface area contributed by atoms with Gasteiger partial charge in [-0.05, 0) is 70.4 Å². The third kappa shape index (κ3) is 6.51. The minimum absolute atomic E-state index is 0.197. The van der Waals surface area contributed by atoms with Gasteiger partial charge in [0.05, 0.1) is 6.04 Å². The molecular formula is C29H40FN5O. The van der Waals surface area contributed by atoms with E-state index < -0.39 is 5.67 Å².